The molecule has 1 amide bonds. The molecule has 0 saturated heterocycles. The normalized spacial score (nSPS) is 14.7. The van der Waals surface area contributed by atoms with Gasteiger partial charge in [-0.1, -0.05) is 18.2 Å². The van der Waals surface area contributed by atoms with Gasteiger partial charge in [-0.2, -0.15) is 0 Å². The molecule has 0 radical (unpaired) electrons. The van der Waals surface area contributed by atoms with Gasteiger partial charge in [0.2, 0.25) is 5.76 Å². The fourth-order valence-corrected chi connectivity index (χ4v) is 4.84. The van der Waals surface area contributed by atoms with Crippen LogP contribution in [0.15, 0.2) is 63.8 Å². The van der Waals surface area contributed by atoms with E-state index in [9.17, 15) is 9.59 Å². The van der Waals surface area contributed by atoms with Crippen LogP contribution >= 0.6 is 0 Å². The molecule has 5 rings (SSSR count). The largest absolute Gasteiger partial charge is 0.497 e. The van der Waals surface area contributed by atoms with E-state index in [1.54, 1.807) is 19.1 Å². The van der Waals surface area contributed by atoms with Crippen LogP contribution < -0.4 is 19.6 Å². The molecular formula is C30H29NO6. The number of benzene rings is 3. The number of aryl methyl sites for hydroxylation is 2. The summed E-state index contributed by atoms with van der Waals surface area (Å²) in [6.07, 6.45) is 0. The van der Waals surface area contributed by atoms with E-state index in [0.29, 0.717) is 34.6 Å². The molecule has 1 aromatic heterocycles. The molecule has 0 aliphatic carbocycles. The minimum atomic E-state index is -0.656. The van der Waals surface area contributed by atoms with Crippen LogP contribution in [0.1, 0.15) is 51.3 Å². The SMILES string of the molecule is CCOc1ccc(C2c3c(oc4cc(C)c(C)cc4c3=O)C(=O)N2Cc2ccc(OC)cc2)cc1OC. The van der Waals surface area contributed by atoms with Crippen LogP contribution in [0, 0.1) is 13.8 Å². The smallest absolute Gasteiger partial charge is 0.291 e. The van der Waals surface area contributed by atoms with Gasteiger partial charge in [0.1, 0.15) is 11.3 Å². The second-order valence-corrected chi connectivity index (χ2v) is 9.13. The molecule has 2 heterocycles. The van der Waals surface area contributed by atoms with Crippen molar-refractivity contribution < 1.29 is 23.4 Å². The van der Waals surface area contributed by atoms with E-state index in [1.165, 1.54) is 0 Å². The van der Waals surface area contributed by atoms with Crippen LogP contribution in [0.4, 0.5) is 0 Å². The maximum atomic E-state index is 13.9. The van der Waals surface area contributed by atoms with Gasteiger partial charge in [0.05, 0.1) is 37.8 Å². The summed E-state index contributed by atoms with van der Waals surface area (Å²) in [5.41, 5.74) is 4.14. The Balaban J connectivity index is 1.70. The predicted octanol–water partition coefficient (Wildman–Crippen LogP) is 5.57. The number of hydrogen-bond donors (Lipinski definition) is 0. The van der Waals surface area contributed by atoms with Crippen molar-refractivity contribution in [2.24, 2.45) is 0 Å². The lowest BCUT2D eigenvalue weighted by Crippen LogP contribution is -2.29. The Morgan fingerprint density at radius 1 is 0.892 bits per heavy atom. The van der Waals surface area contributed by atoms with Gasteiger partial charge in [-0.15, -0.1) is 0 Å². The first-order valence-corrected chi connectivity index (χ1v) is 12.2. The summed E-state index contributed by atoms with van der Waals surface area (Å²) >= 11 is 0. The first-order chi connectivity index (χ1) is 17.9. The van der Waals surface area contributed by atoms with Crippen LogP contribution in [0.2, 0.25) is 0 Å². The zero-order valence-electron chi connectivity index (χ0n) is 21.6. The maximum Gasteiger partial charge on any atom is 0.291 e. The lowest BCUT2D eigenvalue weighted by Gasteiger charge is -2.26. The highest BCUT2D eigenvalue weighted by atomic mass is 16.5. The highest BCUT2D eigenvalue weighted by Gasteiger charge is 2.43. The average molecular weight is 500 g/mol. The van der Waals surface area contributed by atoms with Crippen LogP contribution in [0.25, 0.3) is 11.0 Å². The summed E-state index contributed by atoms with van der Waals surface area (Å²) in [7, 11) is 3.17. The Kier molecular flexibility index (Phi) is 6.38. The molecule has 0 fully saturated rings. The van der Waals surface area contributed by atoms with Crippen molar-refractivity contribution in [1.82, 2.24) is 4.90 Å². The number of nitrogens with zero attached hydrogens (tertiary/aromatic N) is 1. The summed E-state index contributed by atoms with van der Waals surface area (Å²) in [6, 6.07) is 16.0. The van der Waals surface area contributed by atoms with Crippen LogP contribution in [-0.2, 0) is 6.54 Å². The van der Waals surface area contributed by atoms with E-state index in [2.05, 4.69) is 0 Å². The molecule has 0 spiro atoms. The van der Waals surface area contributed by atoms with Gasteiger partial charge in [-0.3, -0.25) is 9.59 Å². The fourth-order valence-electron chi connectivity index (χ4n) is 4.84. The Labute approximate surface area is 215 Å². The Hall–Kier alpha value is -4.26. The van der Waals surface area contributed by atoms with Crippen molar-refractivity contribution in [1.29, 1.82) is 0 Å². The molecule has 7 nitrogen and oxygen atoms in total. The minimum absolute atomic E-state index is 0.0760. The molecule has 1 aliphatic rings. The quantitative estimate of drug-likeness (QED) is 0.331. The maximum absolute atomic E-state index is 13.9. The molecule has 0 saturated carbocycles. The molecule has 1 unspecified atom stereocenters. The van der Waals surface area contributed by atoms with Crippen molar-refractivity contribution in [3.8, 4) is 17.2 Å². The van der Waals surface area contributed by atoms with Crippen molar-refractivity contribution in [2.45, 2.75) is 33.4 Å². The van der Waals surface area contributed by atoms with Crippen LogP contribution in [-0.4, -0.2) is 31.6 Å². The highest BCUT2D eigenvalue weighted by molar-refractivity contribution is 5.99. The number of carbonyl (C=O) groups excluding carboxylic acids is 1. The first kappa shape index (κ1) is 24.4. The fraction of sp³-hybridized carbons (Fsp3) is 0.267. The van der Waals surface area contributed by atoms with E-state index in [1.807, 2.05) is 75.4 Å². The second kappa shape index (κ2) is 9.65. The van der Waals surface area contributed by atoms with E-state index in [0.717, 1.165) is 28.0 Å². The minimum Gasteiger partial charge on any atom is -0.497 e. The Morgan fingerprint density at radius 3 is 2.30 bits per heavy atom. The molecule has 7 heteroatoms. The van der Waals surface area contributed by atoms with Crippen molar-refractivity contribution in [2.75, 3.05) is 20.8 Å². The summed E-state index contributed by atoms with van der Waals surface area (Å²) in [6.45, 7) is 6.57. The van der Waals surface area contributed by atoms with Gasteiger partial charge >= 0.3 is 0 Å². The van der Waals surface area contributed by atoms with Gasteiger partial charge < -0.3 is 23.5 Å². The van der Waals surface area contributed by atoms with Gasteiger partial charge in [-0.05, 0) is 79.4 Å². The molecule has 4 aromatic rings. The molecule has 0 N–H and O–H groups in total. The lowest BCUT2D eigenvalue weighted by molar-refractivity contribution is 0.0714. The van der Waals surface area contributed by atoms with Gasteiger partial charge in [0.15, 0.2) is 16.9 Å². The monoisotopic (exact) mass is 499 g/mol. The standard InChI is InChI=1S/C30H29NO6/c1-6-36-23-12-9-20(15-25(23)35-5)27-26-28(32)22-13-17(2)18(3)14-24(22)37-29(26)30(33)31(27)16-19-7-10-21(34-4)11-8-19/h7-15,27H,6,16H2,1-5H3. The average Bonchev–Trinajstić information content (AvgIpc) is 3.17. The lowest BCUT2D eigenvalue weighted by atomic mass is 9.97. The third-order valence-electron chi connectivity index (χ3n) is 6.90. The zero-order valence-corrected chi connectivity index (χ0v) is 21.6. The highest BCUT2D eigenvalue weighted by Crippen LogP contribution is 2.42. The molecule has 0 bridgehead atoms. The van der Waals surface area contributed by atoms with E-state index < -0.39 is 6.04 Å². The summed E-state index contributed by atoms with van der Waals surface area (Å²) in [5, 5.41) is 0.462. The molecule has 37 heavy (non-hydrogen) atoms. The third-order valence-corrected chi connectivity index (χ3v) is 6.90. The van der Waals surface area contributed by atoms with Gasteiger partial charge in [0.25, 0.3) is 5.91 Å². The Morgan fingerprint density at radius 2 is 1.62 bits per heavy atom. The van der Waals surface area contributed by atoms with Crippen molar-refractivity contribution >= 4 is 16.9 Å². The molecule has 1 atom stereocenters. The summed E-state index contributed by atoms with van der Waals surface area (Å²) in [5.74, 6) is 1.59. The van der Waals surface area contributed by atoms with Crippen molar-refractivity contribution in [3.63, 3.8) is 0 Å². The topological polar surface area (TPSA) is 78.2 Å². The number of hydrogen-bond acceptors (Lipinski definition) is 6. The summed E-state index contributed by atoms with van der Waals surface area (Å²) in [4.78, 5) is 29.4. The molecule has 3 aromatic carbocycles. The van der Waals surface area contributed by atoms with E-state index in [-0.39, 0.29) is 23.6 Å². The Bertz CT molecular complexity index is 1550. The van der Waals surface area contributed by atoms with Crippen LogP contribution in [0.3, 0.4) is 0 Å². The molecule has 1 aliphatic heterocycles. The van der Waals surface area contributed by atoms with Crippen LogP contribution in [0.5, 0.6) is 17.2 Å². The van der Waals surface area contributed by atoms with Gasteiger partial charge in [0, 0.05) is 6.54 Å². The number of methoxy groups -OCH3 is 2. The first-order valence-electron chi connectivity index (χ1n) is 12.2. The number of amides is 1. The number of ether oxygens (including phenoxy) is 3. The third kappa shape index (κ3) is 4.20. The second-order valence-electron chi connectivity index (χ2n) is 9.13. The van der Waals surface area contributed by atoms with Crippen molar-refractivity contribution in [3.05, 3.63) is 98.4 Å². The molecular weight excluding hydrogens is 470 g/mol. The number of fused-ring (bicyclic) bond motifs is 2. The van der Waals surface area contributed by atoms with E-state index in [4.69, 9.17) is 18.6 Å². The van der Waals surface area contributed by atoms with E-state index >= 15 is 0 Å². The number of carbonyl (C=O) groups is 1. The molecule has 190 valence electrons. The predicted molar refractivity (Wildman–Crippen MR) is 141 cm³/mol. The zero-order chi connectivity index (χ0) is 26.3. The summed E-state index contributed by atoms with van der Waals surface area (Å²) < 4.78 is 22.7. The van der Waals surface area contributed by atoms with Gasteiger partial charge in [-0.25, -0.2) is 0 Å². The number of rotatable bonds is 7.